The lowest BCUT2D eigenvalue weighted by Crippen LogP contribution is -2.28. The fourth-order valence-electron chi connectivity index (χ4n) is 3.24. The second kappa shape index (κ2) is 9.91. The molecule has 0 radical (unpaired) electrons. The maximum Gasteiger partial charge on any atom is 0.338 e. The van der Waals surface area contributed by atoms with Crippen LogP contribution in [0, 0.1) is 5.92 Å². The Morgan fingerprint density at radius 3 is 2.63 bits per heavy atom. The van der Waals surface area contributed by atoms with Crippen molar-refractivity contribution in [1.29, 1.82) is 0 Å². The van der Waals surface area contributed by atoms with Gasteiger partial charge in [0.2, 0.25) is 11.8 Å². The maximum absolute atomic E-state index is 12.6. The van der Waals surface area contributed by atoms with Gasteiger partial charge in [-0.05, 0) is 42.8 Å². The molecule has 0 aromatic heterocycles. The van der Waals surface area contributed by atoms with E-state index in [2.05, 4.69) is 5.32 Å². The van der Waals surface area contributed by atoms with E-state index >= 15 is 0 Å². The first-order valence-electron chi connectivity index (χ1n) is 10.0. The van der Waals surface area contributed by atoms with Gasteiger partial charge in [-0.2, -0.15) is 0 Å². The van der Waals surface area contributed by atoms with Gasteiger partial charge in [0.05, 0.1) is 25.2 Å². The summed E-state index contributed by atoms with van der Waals surface area (Å²) in [6, 6.07) is 13.8. The Hall–Kier alpha value is -3.35. The number of carbonyl (C=O) groups is 3. The van der Waals surface area contributed by atoms with Crippen LogP contribution in [-0.2, 0) is 14.3 Å². The molecule has 1 fully saturated rings. The van der Waals surface area contributed by atoms with E-state index in [0.29, 0.717) is 35.8 Å². The summed E-state index contributed by atoms with van der Waals surface area (Å²) >= 11 is 0. The quantitative estimate of drug-likeness (QED) is 0.530. The second-order valence-corrected chi connectivity index (χ2v) is 7.16. The van der Waals surface area contributed by atoms with Gasteiger partial charge in [0, 0.05) is 30.4 Å². The van der Waals surface area contributed by atoms with Crippen molar-refractivity contribution in [2.75, 3.05) is 30.5 Å². The number of amides is 2. The van der Waals surface area contributed by atoms with E-state index in [1.165, 1.54) is 0 Å². The molecule has 7 nitrogen and oxygen atoms in total. The van der Waals surface area contributed by atoms with E-state index in [1.807, 2.05) is 19.1 Å². The third-order valence-corrected chi connectivity index (χ3v) is 4.98. The van der Waals surface area contributed by atoms with Gasteiger partial charge in [0.1, 0.15) is 5.75 Å². The molecule has 30 heavy (non-hydrogen) atoms. The third-order valence-electron chi connectivity index (χ3n) is 4.98. The van der Waals surface area contributed by atoms with E-state index in [0.717, 1.165) is 12.8 Å². The molecule has 1 aliphatic rings. The van der Waals surface area contributed by atoms with Crippen molar-refractivity contribution in [3.63, 3.8) is 0 Å². The van der Waals surface area contributed by atoms with Gasteiger partial charge in [-0.3, -0.25) is 9.59 Å². The molecule has 1 aliphatic heterocycles. The Balaban J connectivity index is 1.58. The molecule has 2 amide bonds. The minimum Gasteiger partial charge on any atom is -0.497 e. The highest BCUT2D eigenvalue weighted by molar-refractivity contribution is 6.03. The van der Waals surface area contributed by atoms with Crippen LogP contribution in [0.15, 0.2) is 48.5 Å². The maximum atomic E-state index is 12.6. The number of benzene rings is 2. The van der Waals surface area contributed by atoms with Crippen LogP contribution in [0.3, 0.4) is 0 Å². The highest BCUT2D eigenvalue weighted by Gasteiger charge is 2.35. The van der Waals surface area contributed by atoms with E-state index in [9.17, 15) is 14.4 Å². The number of unbranched alkanes of at least 4 members (excludes halogenated alkanes) is 1. The predicted molar refractivity (Wildman–Crippen MR) is 114 cm³/mol. The molecule has 3 rings (SSSR count). The van der Waals surface area contributed by atoms with Crippen molar-refractivity contribution in [1.82, 2.24) is 0 Å². The molecule has 1 N–H and O–H groups in total. The number of nitrogens with zero attached hydrogens (tertiary/aromatic N) is 1. The van der Waals surface area contributed by atoms with E-state index in [1.54, 1.807) is 48.4 Å². The Kier molecular flexibility index (Phi) is 7.06. The van der Waals surface area contributed by atoms with Crippen LogP contribution in [0.5, 0.6) is 5.75 Å². The summed E-state index contributed by atoms with van der Waals surface area (Å²) in [5.74, 6) is -0.513. The molecule has 0 saturated carbocycles. The van der Waals surface area contributed by atoms with Crippen molar-refractivity contribution < 1.29 is 23.9 Å². The standard InChI is InChI=1S/C23H26N2O5/c1-3-4-12-30-23(28)16-8-10-18(11-9-16)24-22(27)17-13-21(26)25(15-17)19-6-5-7-20(14-19)29-2/h5-11,14,17H,3-4,12-13,15H2,1-2H3,(H,24,27)/t17-/m1/s1. The summed E-state index contributed by atoms with van der Waals surface area (Å²) in [6.45, 7) is 2.73. The van der Waals surface area contributed by atoms with Gasteiger partial charge < -0.3 is 19.7 Å². The molecule has 0 unspecified atom stereocenters. The number of rotatable bonds is 8. The van der Waals surface area contributed by atoms with Crippen LogP contribution in [0.2, 0.25) is 0 Å². The fraction of sp³-hybridized carbons (Fsp3) is 0.348. The lowest BCUT2D eigenvalue weighted by atomic mass is 10.1. The number of hydrogen-bond acceptors (Lipinski definition) is 5. The highest BCUT2D eigenvalue weighted by Crippen LogP contribution is 2.28. The molecule has 1 atom stereocenters. The van der Waals surface area contributed by atoms with Gasteiger partial charge in [-0.1, -0.05) is 19.4 Å². The Bertz CT molecular complexity index is 910. The zero-order chi connectivity index (χ0) is 21.5. The number of anilines is 2. The summed E-state index contributed by atoms with van der Waals surface area (Å²) in [5, 5.41) is 2.82. The Labute approximate surface area is 176 Å². The SMILES string of the molecule is CCCCOC(=O)c1ccc(NC(=O)[C@@H]2CC(=O)N(c3cccc(OC)c3)C2)cc1. The average Bonchev–Trinajstić information content (AvgIpc) is 3.16. The molecule has 1 heterocycles. The molecular weight excluding hydrogens is 384 g/mol. The lowest BCUT2D eigenvalue weighted by Gasteiger charge is -2.17. The Morgan fingerprint density at radius 1 is 1.17 bits per heavy atom. The fourth-order valence-corrected chi connectivity index (χ4v) is 3.24. The van der Waals surface area contributed by atoms with Crippen molar-refractivity contribution >= 4 is 29.2 Å². The zero-order valence-corrected chi connectivity index (χ0v) is 17.2. The van der Waals surface area contributed by atoms with Crippen LogP contribution in [0.1, 0.15) is 36.5 Å². The molecule has 0 aliphatic carbocycles. The summed E-state index contributed by atoms with van der Waals surface area (Å²) in [6.07, 6.45) is 1.93. The first kappa shape index (κ1) is 21.4. The monoisotopic (exact) mass is 410 g/mol. The van der Waals surface area contributed by atoms with Crippen molar-refractivity contribution in [2.24, 2.45) is 5.92 Å². The molecule has 1 saturated heterocycles. The minimum atomic E-state index is -0.456. The third kappa shape index (κ3) is 5.17. The topological polar surface area (TPSA) is 84.9 Å². The first-order chi connectivity index (χ1) is 14.5. The van der Waals surface area contributed by atoms with Gasteiger partial charge in [-0.15, -0.1) is 0 Å². The van der Waals surface area contributed by atoms with Crippen LogP contribution < -0.4 is 15.0 Å². The number of carbonyl (C=O) groups excluding carboxylic acids is 3. The first-order valence-corrected chi connectivity index (χ1v) is 10.0. The Morgan fingerprint density at radius 2 is 1.93 bits per heavy atom. The van der Waals surface area contributed by atoms with Gasteiger partial charge in [-0.25, -0.2) is 4.79 Å². The largest absolute Gasteiger partial charge is 0.497 e. The van der Waals surface area contributed by atoms with Crippen LogP contribution in [-0.4, -0.2) is 38.0 Å². The number of esters is 1. The molecule has 2 aromatic rings. The normalized spacial score (nSPS) is 15.7. The number of ether oxygens (including phenoxy) is 2. The molecule has 0 spiro atoms. The van der Waals surface area contributed by atoms with E-state index < -0.39 is 5.92 Å². The summed E-state index contributed by atoms with van der Waals surface area (Å²) in [7, 11) is 1.57. The molecular formula is C23H26N2O5. The molecule has 0 bridgehead atoms. The molecule has 158 valence electrons. The van der Waals surface area contributed by atoms with Gasteiger partial charge in [0.25, 0.3) is 0 Å². The molecule has 7 heteroatoms. The number of methoxy groups -OCH3 is 1. The van der Waals surface area contributed by atoms with E-state index in [-0.39, 0.29) is 24.2 Å². The predicted octanol–water partition coefficient (Wildman–Crippen LogP) is 3.64. The van der Waals surface area contributed by atoms with Crippen LogP contribution >= 0.6 is 0 Å². The van der Waals surface area contributed by atoms with Crippen molar-refractivity contribution in [3.05, 3.63) is 54.1 Å². The van der Waals surface area contributed by atoms with Crippen LogP contribution in [0.25, 0.3) is 0 Å². The summed E-state index contributed by atoms with van der Waals surface area (Å²) < 4.78 is 10.4. The van der Waals surface area contributed by atoms with Crippen molar-refractivity contribution in [2.45, 2.75) is 26.2 Å². The second-order valence-electron chi connectivity index (χ2n) is 7.16. The van der Waals surface area contributed by atoms with Crippen LogP contribution in [0.4, 0.5) is 11.4 Å². The number of hydrogen-bond donors (Lipinski definition) is 1. The van der Waals surface area contributed by atoms with Crippen molar-refractivity contribution in [3.8, 4) is 5.75 Å². The highest BCUT2D eigenvalue weighted by atomic mass is 16.5. The molecule has 2 aromatic carbocycles. The average molecular weight is 410 g/mol. The lowest BCUT2D eigenvalue weighted by molar-refractivity contribution is -0.122. The summed E-state index contributed by atoms with van der Waals surface area (Å²) in [4.78, 5) is 38.6. The zero-order valence-electron chi connectivity index (χ0n) is 17.2. The number of nitrogens with one attached hydrogen (secondary N) is 1. The summed E-state index contributed by atoms with van der Waals surface area (Å²) in [5.41, 5.74) is 1.71. The minimum absolute atomic E-state index is 0.103. The smallest absolute Gasteiger partial charge is 0.338 e. The van der Waals surface area contributed by atoms with Gasteiger partial charge >= 0.3 is 5.97 Å². The van der Waals surface area contributed by atoms with E-state index in [4.69, 9.17) is 9.47 Å². The van der Waals surface area contributed by atoms with Gasteiger partial charge in [0.15, 0.2) is 0 Å².